The molecule has 0 amide bonds. The predicted octanol–water partition coefficient (Wildman–Crippen LogP) is 1.30. The maximum Gasteiger partial charge on any atom is 0.353 e. The van der Waals surface area contributed by atoms with E-state index in [1.54, 1.807) is 12.1 Å². The Morgan fingerprint density at radius 1 is 1.50 bits per heavy atom. The van der Waals surface area contributed by atoms with Crippen molar-refractivity contribution in [3.8, 4) is 0 Å². The van der Waals surface area contributed by atoms with E-state index in [-0.39, 0.29) is 11.3 Å². The topological polar surface area (TPSA) is 52.3 Å². The molecular formula is C10H10FNO2. The minimum atomic E-state index is -0.673. The first kappa shape index (κ1) is 10.2. The van der Waals surface area contributed by atoms with Crippen LogP contribution in [0.25, 0.3) is 6.08 Å². The molecule has 0 atom stereocenters. The Balaban J connectivity index is 2.97. The first-order valence-corrected chi connectivity index (χ1v) is 3.95. The van der Waals surface area contributed by atoms with Gasteiger partial charge in [-0.1, -0.05) is 18.2 Å². The van der Waals surface area contributed by atoms with Gasteiger partial charge in [-0.25, -0.2) is 9.18 Å². The molecule has 0 aromatic heterocycles. The summed E-state index contributed by atoms with van der Waals surface area (Å²) in [5.41, 5.74) is 5.48. The Morgan fingerprint density at radius 3 is 2.71 bits per heavy atom. The maximum absolute atomic E-state index is 13.1. The number of rotatable bonds is 2. The molecular weight excluding hydrogens is 185 g/mol. The molecule has 0 saturated carbocycles. The van der Waals surface area contributed by atoms with E-state index in [9.17, 15) is 9.18 Å². The molecule has 4 heteroatoms. The van der Waals surface area contributed by atoms with Crippen molar-refractivity contribution in [3.05, 3.63) is 41.3 Å². The van der Waals surface area contributed by atoms with Gasteiger partial charge in [0, 0.05) is 5.56 Å². The fraction of sp³-hybridized carbons (Fsp3) is 0.100. The molecule has 0 radical (unpaired) electrons. The SMILES string of the molecule is COC(=O)/C(N)=C/c1ccccc1F. The van der Waals surface area contributed by atoms with Gasteiger partial charge in [0.2, 0.25) is 0 Å². The van der Waals surface area contributed by atoms with Crippen LogP contribution in [-0.2, 0) is 9.53 Å². The lowest BCUT2D eigenvalue weighted by molar-refractivity contribution is -0.136. The Morgan fingerprint density at radius 2 is 2.14 bits per heavy atom. The number of benzene rings is 1. The third-order valence-electron chi connectivity index (χ3n) is 1.64. The summed E-state index contributed by atoms with van der Waals surface area (Å²) in [6, 6.07) is 6.02. The van der Waals surface area contributed by atoms with Gasteiger partial charge >= 0.3 is 5.97 Å². The van der Waals surface area contributed by atoms with Crippen molar-refractivity contribution in [3.63, 3.8) is 0 Å². The molecule has 0 unspecified atom stereocenters. The van der Waals surface area contributed by atoms with E-state index < -0.39 is 11.8 Å². The minimum Gasteiger partial charge on any atom is -0.464 e. The number of methoxy groups -OCH3 is 1. The first-order chi connectivity index (χ1) is 6.65. The van der Waals surface area contributed by atoms with Crippen LogP contribution < -0.4 is 5.73 Å². The Kier molecular flexibility index (Phi) is 3.23. The normalized spacial score (nSPS) is 11.1. The van der Waals surface area contributed by atoms with E-state index in [2.05, 4.69) is 4.74 Å². The third kappa shape index (κ3) is 2.32. The largest absolute Gasteiger partial charge is 0.464 e. The monoisotopic (exact) mass is 195 g/mol. The number of esters is 1. The highest BCUT2D eigenvalue weighted by atomic mass is 19.1. The van der Waals surface area contributed by atoms with E-state index in [4.69, 9.17) is 5.73 Å². The molecule has 0 aliphatic carbocycles. The molecule has 0 heterocycles. The molecule has 0 spiro atoms. The van der Waals surface area contributed by atoms with Crippen LogP contribution in [0.1, 0.15) is 5.56 Å². The molecule has 3 nitrogen and oxygen atoms in total. The zero-order valence-electron chi connectivity index (χ0n) is 7.66. The van der Waals surface area contributed by atoms with Crippen LogP contribution in [-0.4, -0.2) is 13.1 Å². The lowest BCUT2D eigenvalue weighted by Gasteiger charge is -1.99. The number of hydrogen-bond donors (Lipinski definition) is 1. The van der Waals surface area contributed by atoms with E-state index in [1.165, 1.54) is 25.3 Å². The van der Waals surface area contributed by atoms with Crippen LogP contribution in [0.5, 0.6) is 0 Å². The lowest BCUT2D eigenvalue weighted by Crippen LogP contribution is -2.12. The standard InChI is InChI=1S/C10H10FNO2/c1-14-10(13)9(12)6-7-4-2-3-5-8(7)11/h2-6H,12H2,1H3/b9-6-. The second-order valence-electron chi connectivity index (χ2n) is 2.61. The second-order valence-corrected chi connectivity index (χ2v) is 2.61. The zero-order chi connectivity index (χ0) is 10.6. The quantitative estimate of drug-likeness (QED) is 0.571. The summed E-state index contributed by atoms with van der Waals surface area (Å²) in [6.07, 6.45) is 1.24. The minimum absolute atomic E-state index is 0.127. The number of halogens is 1. The highest BCUT2D eigenvalue weighted by molar-refractivity contribution is 5.92. The van der Waals surface area contributed by atoms with Gasteiger partial charge in [-0.3, -0.25) is 0 Å². The fourth-order valence-corrected chi connectivity index (χ4v) is 0.936. The van der Waals surface area contributed by atoms with Crippen LogP contribution in [0.3, 0.4) is 0 Å². The molecule has 1 aromatic rings. The molecule has 2 N–H and O–H groups in total. The van der Waals surface area contributed by atoms with Gasteiger partial charge in [0.25, 0.3) is 0 Å². The molecule has 0 fully saturated rings. The average Bonchev–Trinajstić information content (AvgIpc) is 2.20. The van der Waals surface area contributed by atoms with Crippen molar-refractivity contribution in [1.82, 2.24) is 0 Å². The summed E-state index contributed by atoms with van der Waals surface area (Å²) >= 11 is 0. The van der Waals surface area contributed by atoms with E-state index in [0.29, 0.717) is 0 Å². The summed E-state index contributed by atoms with van der Waals surface area (Å²) in [5.74, 6) is -1.10. The number of hydrogen-bond acceptors (Lipinski definition) is 3. The maximum atomic E-state index is 13.1. The van der Waals surface area contributed by atoms with Crippen LogP contribution in [0.15, 0.2) is 30.0 Å². The molecule has 14 heavy (non-hydrogen) atoms. The van der Waals surface area contributed by atoms with Crippen molar-refractivity contribution < 1.29 is 13.9 Å². The number of carbonyl (C=O) groups excluding carboxylic acids is 1. The average molecular weight is 195 g/mol. The van der Waals surface area contributed by atoms with Gasteiger partial charge in [0.15, 0.2) is 0 Å². The molecule has 0 saturated heterocycles. The van der Waals surface area contributed by atoms with Crippen molar-refractivity contribution >= 4 is 12.0 Å². The third-order valence-corrected chi connectivity index (χ3v) is 1.64. The highest BCUT2D eigenvalue weighted by Crippen LogP contribution is 2.09. The molecule has 74 valence electrons. The van der Waals surface area contributed by atoms with Crippen molar-refractivity contribution in [1.29, 1.82) is 0 Å². The van der Waals surface area contributed by atoms with Gasteiger partial charge in [-0.05, 0) is 12.1 Å². The Labute approximate surface area is 81.0 Å². The molecule has 1 rings (SSSR count). The summed E-state index contributed by atoms with van der Waals surface area (Å²) in [7, 11) is 1.21. The van der Waals surface area contributed by atoms with Gasteiger partial charge in [0.1, 0.15) is 11.5 Å². The Hall–Kier alpha value is -1.84. The summed E-state index contributed by atoms with van der Waals surface area (Å²) < 4.78 is 17.4. The van der Waals surface area contributed by atoms with Crippen LogP contribution >= 0.6 is 0 Å². The molecule has 0 bridgehead atoms. The number of nitrogens with two attached hydrogens (primary N) is 1. The zero-order valence-corrected chi connectivity index (χ0v) is 7.66. The van der Waals surface area contributed by atoms with Crippen molar-refractivity contribution in [2.45, 2.75) is 0 Å². The lowest BCUT2D eigenvalue weighted by atomic mass is 10.2. The van der Waals surface area contributed by atoms with E-state index >= 15 is 0 Å². The summed E-state index contributed by atoms with van der Waals surface area (Å²) in [4.78, 5) is 10.9. The Bertz CT molecular complexity index is 374. The second kappa shape index (κ2) is 4.41. The van der Waals surface area contributed by atoms with E-state index in [0.717, 1.165) is 0 Å². The van der Waals surface area contributed by atoms with Crippen molar-refractivity contribution in [2.75, 3.05) is 7.11 Å². The van der Waals surface area contributed by atoms with Crippen molar-refractivity contribution in [2.24, 2.45) is 5.73 Å². The first-order valence-electron chi connectivity index (χ1n) is 3.95. The van der Waals surface area contributed by atoms with Crippen LogP contribution in [0, 0.1) is 5.82 Å². The molecule has 0 aliphatic heterocycles. The number of carbonyl (C=O) groups is 1. The van der Waals surface area contributed by atoms with Gasteiger partial charge < -0.3 is 10.5 Å². The molecule has 0 aliphatic rings. The van der Waals surface area contributed by atoms with E-state index in [1.807, 2.05) is 0 Å². The smallest absolute Gasteiger partial charge is 0.353 e. The van der Waals surface area contributed by atoms with Gasteiger partial charge in [-0.15, -0.1) is 0 Å². The fourth-order valence-electron chi connectivity index (χ4n) is 0.936. The predicted molar refractivity (Wildman–Crippen MR) is 50.6 cm³/mol. The summed E-state index contributed by atoms with van der Waals surface area (Å²) in [6.45, 7) is 0. The number of ether oxygens (including phenoxy) is 1. The van der Waals surface area contributed by atoms with Crippen LogP contribution in [0.2, 0.25) is 0 Å². The van der Waals surface area contributed by atoms with Gasteiger partial charge in [0.05, 0.1) is 7.11 Å². The van der Waals surface area contributed by atoms with Gasteiger partial charge in [-0.2, -0.15) is 0 Å². The highest BCUT2D eigenvalue weighted by Gasteiger charge is 2.05. The van der Waals surface area contributed by atoms with Crippen LogP contribution in [0.4, 0.5) is 4.39 Å². The molecule has 1 aromatic carbocycles. The summed E-state index contributed by atoms with van der Waals surface area (Å²) in [5, 5.41) is 0.